The molecule has 1 amide bonds. The van der Waals surface area contributed by atoms with Crippen molar-refractivity contribution in [3.05, 3.63) is 66.0 Å². The average Bonchev–Trinajstić information content (AvgIpc) is 3.37. The first-order valence-electron chi connectivity index (χ1n) is 8.97. The molecule has 0 fully saturated rings. The molecule has 0 saturated heterocycles. The minimum atomic E-state index is -0.273. The molecule has 4 aromatic rings. The third-order valence-corrected chi connectivity index (χ3v) is 5.38. The van der Waals surface area contributed by atoms with Crippen molar-refractivity contribution >= 4 is 29.1 Å². The van der Waals surface area contributed by atoms with Crippen LogP contribution in [0.5, 0.6) is 0 Å². The Morgan fingerprint density at radius 2 is 2.07 bits per heavy atom. The highest BCUT2D eigenvalue weighted by atomic mass is 32.2. The van der Waals surface area contributed by atoms with Gasteiger partial charge in [0.15, 0.2) is 5.76 Å². The van der Waals surface area contributed by atoms with Gasteiger partial charge in [-0.2, -0.15) is 14.6 Å². The van der Waals surface area contributed by atoms with Crippen LogP contribution in [0, 0.1) is 6.92 Å². The summed E-state index contributed by atoms with van der Waals surface area (Å²) in [4.78, 5) is 21.9. The van der Waals surface area contributed by atoms with Gasteiger partial charge in [0.05, 0.1) is 6.26 Å². The summed E-state index contributed by atoms with van der Waals surface area (Å²) in [7, 11) is 0. The van der Waals surface area contributed by atoms with Crippen molar-refractivity contribution in [3.63, 3.8) is 0 Å². The van der Waals surface area contributed by atoms with Crippen LogP contribution in [0.25, 0.3) is 5.78 Å². The quantitative estimate of drug-likeness (QED) is 0.489. The number of hydrogen-bond donors (Lipinski definition) is 1. The Labute approximate surface area is 166 Å². The van der Waals surface area contributed by atoms with Crippen LogP contribution in [0.1, 0.15) is 35.2 Å². The summed E-state index contributed by atoms with van der Waals surface area (Å²) in [6.45, 7) is 4.16. The molecular weight excluding hydrogens is 374 g/mol. The Morgan fingerprint density at radius 1 is 1.25 bits per heavy atom. The van der Waals surface area contributed by atoms with E-state index < -0.39 is 0 Å². The Kier molecular flexibility index (Phi) is 5.12. The number of carbonyl (C=O) groups excluding carboxylic acids is 1. The van der Waals surface area contributed by atoms with Crippen LogP contribution in [0.2, 0.25) is 0 Å². The van der Waals surface area contributed by atoms with E-state index in [2.05, 4.69) is 27.3 Å². The molecule has 0 unspecified atom stereocenters. The van der Waals surface area contributed by atoms with Gasteiger partial charge in [-0.25, -0.2) is 4.98 Å². The zero-order chi connectivity index (χ0) is 19.5. The van der Waals surface area contributed by atoms with E-state index in [4.69, 9.17) is 4.42 Å². The normalized spacial score (nSPS) is 11.1. The molecule has 0 atom stereocenters. The van der Waals surface area contributed by atoms with Crippen LogP contribution in [0.4, 0.5) is 5.69 Å². The van der Waals surface area contributed by atoms with Crippen molar-refractivity contribution in [1.29, 1.82) is 0 Å². The van der Waals surface area contributed by atoms with Gasteiger partial charge in [-0.05, 0) is 49.7 Å². The predicted octanol–water partition coefficient (Wildman–Crippen LogP) is 4.38. The average molecular weight is 393 g/mol. The highest BCUT2D eigenvalue weighted by Gasteiger charge is 2.15. The van der Waals surface area contributed by atoms with E-state index in [1.807, 2.05) is 31.2 Å². The first kappa shape index (κ1) is 18.2. The van der Waals surface area contributed by atoms with Crippen molar-refractivity contribution < 1.29 is 9.21 Å². The van der Waals surface area contributed by atoms with Crippen molar-refractivity contribution in [2.24, 2.45) is 0 Å². The van der Waals surface area contributed by atoms with Crippen molar-refractivity contribution in [2.75, 3.05) is 5.32 Å². The van der Waals surface area contributed by atoms with Crippen LogP contribution >= 0.6 is 11.8 Å². The number of anilines is 1. The fraction of sp³-hybridized carbons (Fsp3) is 0.200. The monoisotopic (exact) mass is 393 g/mol. The van der Waals surface area contributed by atoms with Gasteiger partial charge in [-0.1, -0.05) is 25.1 Å². The first-order chi connectivity index (χ1) is 13.7. The molecule has 8 heteroatoms. The van der Waals surface area contributed by atoms with Gasteiger partial charge >= 0.3 is 0 Å². The summed E-state index contributed by atoms with van der Waals surface area (Å²) in [6.07, 6.45) is 4.95. The minimum absolute atomic E-state index is 0.273. The smallest absolute Gasteiger partial charge is 0.291 e. The van der Waals surface area contributed by atoms with Crippen LogP contribution in [-0.2, 0) is 6.42 Å². The van der Waals surface area contributed by atoms with E-state index in [1.54, 1.807) is 28.4 Å². The molecule has 0 aliphatic carbocycles. The molecule has 1 aromatic carbocycles. The van der Waals surface area contributed by atoms with Crippen LogP contribution < -0.4 is 5.32 Å². The molecule has 1 N–H and O–H groups in total. The molecule has 0 radical (unpaired) electrons. The van der Waals surface area contributed by atoms with Crippen LogP contribution in [0.15, 0.2) is 63.3 Å². The van der Waals surface area contributed by atoms with E-state index in [0.29, 0.717) is 11.5 Å². The number of carbonyl (C=O) groups is 1. The predicted molar refractivity (Wildman–Crippen MR) is 107 cm³/mol. The lowest BCUT2D eigenvalue weighted by Gasteiger charge is -2.13. The number of hydrogen-bond acceptors (Lipinski definition) is 6. The molecular formula is C20H19N5O2S. The zero-order valence-electron chi connectivity index (χ0n) is 15.5. The third-order valence-electron chi connectivity index (χ3n) is 4.26. The first-order valence-corrected chi connectivity index (χ1v) is 9.79. The molecule has 7 nitrogen and oxygen atoms in total. The lowest BCUT2D eigenvalue weighted by Crippen LogP contribution is -2.10. The Morgan fingerprint density at radius 3 is 2.79 bits per heavy atom. The SMILES string of the molecule is CCCc1c(C)nc2ncnn2c1Sc1ccc(NC(=O)c2ccco2)cc1. The molecule has 0 saturated carbocycles. The number of nitrogens with one attached hydrogen (secondary N) is 1. The maximum Gasteiger partial charge on any atom is 0.291 e. The number of nitrogens with zero attached hydrogens (tertiary/aromatic N) is 4. The second-order valence-corrected chi connectivity index (χ2v) is 7.32. The lowest BCUT2D eigenvalue weighted by molar-refractivity contribution is 0.0996. The highest BCUT2D eigenvalue weighted by Crippen LogP contribution is 2.33. The Balaban J connectivity index is 1.58. The summed E-state index contributed by atoms with van der Waals surface area (Å²) < 4.78 is 6.90. The van der Waals surface area contributed by atoms with Gasteiger partial charge in [0.1, 0.15) is 11.4 Å². The number of aryl methyl sites for hydroxylation is 1. The molecule has 4 rings (SSSR count). The Bertz CT molecular complexity index is 1100. The molecule has 0 aliphatic rings. The number of rotatable bonds is 6. The molecule has 0 bridgehead atoms. The Hall–Kier alpha value is -3.13. The second-order valence-electron chi connectivity index (χ2n) is 6.26. The standard InChI is InChI=1S/C20H19N5O2S/c1-3-5-16-13(2)23-20-21-12-22-25(20)19(16)28-15-9-7-14(8-10-15)24-18(26)17-6-4-11-27-17/h4,6-12H,3,5H2,1-2H3,(H,24,26). The van der Waals surface area contributed by atoms with Gasteiger partial charge in [0.25, 0.3) is 11.7 Å². The van der Waals surface area contributed by atoms with E-state index in [9.17, 15) is 4.79 Å². The van der Waals surface area contributed by atoms with E-state index in [0.717, 1.165) is 28.5 Å². The lowest BCUT2D eigenvalue weighted by atomic mass is 10.1. The minimum Gasteiger partial charge on any atom is -0.459 e. The maximum atomic E-state index is 12.1. The number of amides is 1. The zero-order valence-corrected chi connectivity index (χ0v) is 16.4. The molecule has 0 spiro atoms. The van der Waals surface area contributed by atoms with E-state index >= 15 is 0 Å². The van der Waals surface area contributed by atoms with E-state index in [-0.39, 0.29) is 11.7 Å². The van der Waals surface area contributed by atoms with Crippen LogP contribution in [-0.4, -0.2) is 25.5 Å². The van der Waals surface area contributed by atoms with Gasteiger partial charge in [0.2, 0.25) is 0 Å². The summed E-state index contributed by atoms with van der Waals surface area (Å²) >= 11 is 1.62. The molecule has 3 aromatic heterocycles. The van der Waals surface area contributed by atoms with Crippen molar-refractivity contribution in [1.82, 2.24) is 19.6 Å². The second kappa shape index (κ2) is 7.85. The summed E-state index contributed by atoms with van der Waals surface area (Å²) in [6, 6.07) is 11.0. The summed E-state index contributed by atoms with van der Waals surface area (Å²) in [5, 5.41) is 8.18. The maximum absolute atomic E-state index is 12.1. The topological polar surface area (TPSA) is 85.3 Å². The van der Waals surface area contributed by atoms with Crippen molar-refractivity contribution in [3.8, 4) is 0 Å². The summed E-state index contributed by atoms with van der Waals surface area (Å²) in [5.41, 5.74) is 2.87. The number of fused-ring (bicyclic) bond motifs is 1. The van der Waals surface area contributed by atoms with Crippen LogP contribution in [0.3, 0.4) is 0 Å². The van der Waals surface area contributed by atoms with E-state index in [1.165, 1.54) is 18.2 Å². The largest absolute Gasteiger partial charge is 0.459 e. The molecule has 28 heavy (non-hydrogen) atoms. The highest BCUT2D eigenvalue weighted by molar-refractivity contribution is 7.99. The fourth-order valence-electron chi connectivity index (χ4n) is 2.92. The number of aromatic nitrogens is 4. The molecule has 142 valence electrons. The van der Waals surface area contributed by atoms with Crippen molar-refractivity contribution in [2.45, 2.75) is 36.6 Å². The van der Waals surface area contributed by atoms with Gasteiger partial charge in [-0.15, -0.1) is 0 Å². The van der Waals surface area contributed by atoms with Gasteiger partial charge < -0.3 is 9.73 Å². The molecule has 0 aliphatic heterocycles. The molecule has 3 heterocycles. The fourth-order valence-corrected chi connectivity index (χ4v) is 4.00. The summed E-state index contributed by atoms with van der Waals surface area (Å²) in [5.74, 6) is 0.607. The number of furan rings is 1. The van der Waals surface area contributed by atoms with Gasteiger partial charge in [-0.3, -0.25) is 4.79 Å². The third kappa shape index (κ3) is 3.63. The van der Waals surface area contributed by atoms with Gasteiger partial charge in [0, 0.05) is 21.8 Å². The number of benzene rings is 1.